The van der Waals surface area contributed by atoms with Gasteiger partial charge in [-0.2, -0.15) is 0 Å². The number of benzene rings is 3. The maximum atomic E-state index is 15.7. The Kier molecular flexibility index (Phi) is 8.57. The van der Waals surface area contributed by atoms with Crippen LogP contribution in [0.25, 0.3) is 28.4 Å². The Balaban J connectivity index is 1.32. The average molecular weight is 658 g/mol. The molecule has 10 heteroatoms. The van der Waals surface area contributed by atoms with E-state index in [-0.39, 0.29) is 23.6 Å². The van der Waals surface area contributed by atoms with E-state index in [1.807, 2.05) is 41.1 Å². The minimum absolute atomic E-state index is 0.0357. The molecule has 1 aliphatic heterocycles. The van der Waals surface area contributed by atoms with Gasteiger partial charge in [-0.15, -0.1) is 0 Å². The molecular weight excluding hydrogens is 624 g/mol. The van der Waals surface area contributed by atoms with Gasteiger partial charge in [0, 0.05) is 64.7 Å². The molecule has 2 N–H and O–H groups in total. The number of rotatable bonds is 4. The standard InChI is InChI=1S/C39H33F2N5O3/c1-3-48-36(47)14-11-25-8-7-9-26(18-25)39(2)16-6-4-5-10-27-22-46(24-44-27)23-31-29-15-17-42-34(29)20-33(41)37(31)49-28-12-13-32(40)30(19-28)38-43-21-35(39)45-38/h7-9,11-15,17-22,24,42H,3-4,6,16,23H2,1-2H3,(H,43,45)/b14-11+. The number of halogens is 2. The molecule has 8 nitrogen and oxygen atoms in total. The molecule has 0 saturated heterocycles. The highest BCUT2D eigenvalue weighted by Gasteiger charge is 2.31. The molecule has 1 unspecified atom stereocenters. The van der Waals surface area contributed by atoms with Crippen LogP contribution >= 0.6 is 0 Å². The third-order valence-electron chi connectivity index (χ3n) is 8.84. The smallest absolute Gasteiger partial charge is 0.330 e. The van der Waals surface area contributed by atoms with Crippen molar-refractivity contribution in [2.24, 2.45) is 0 Å². The fraction of sp³-hybridized carbons (Fsp3) is 0.205. The molecule has 0 radical (unpaired) electrons. The SMILES string of the molecule is CCOC(=O)/C=C/c1cccc(C2(C)CCCC#Cc3cn(cn3)Cc3c(c(F)cc4[nH]ccc34)Oc3ccc(F)c(c3)-c3ncc2[nH]3)c1. The molecule has 0 amide bonds. The Morgan fingerprint density at radius 1 is 1.14 bits per heavy atom. The molecule has 49 heavy (non-hydrogen) atoms. The van der Waals surface area contributed by atoms with Crippen molar-refractivity contribution in [3.8, 4) is 34.7 Å². The molecule has 246 valence electrons. The van der Waals surface area contributed by atoms with E-state index in [0.29, 0.717) is 42.0 Å². The Hall–Kier alpha value is -5.95. The van der Waals surface area contributed by atoms with E-state index in [2.05, 4.69) is 38.7 Å². The molecule has 4 heterocycles. The highest BCUT2D eigenvalue weighted by Crippen LogP contribution is 2.39. The number of imidazole rings is 2. The summed E-state index contributed by atoms with van der Waals surface area (Å²) in [7, 11) is 0. The highest BCUT2D eigenvalue weighted by molar-refractivity contribution is 5.87. The summed E-state index contributed by atoms with van der Waals surface area (Å²) in [6.07, 6.45) is 12.1. The van der Waals surface area contributed by atoms with Crippen LogP contribution < -0.4 is 4.74 Å². The van der Waals surface area contributed by atoms with Crippen molar-refractivity contribution < 1.29 is 23.0 Å². The van der Waals surface area contributed by atoms with Gasteiger partial charge in [0.2, 0.25) is 0 Å². The first-order chi connectivity index (χ1) is 23.8. The van der Waals surface area contributed by atoms with Gasteiger partial charge in [0.25, 0.3) is 0 Å². The van der Waals surface area contributed by atoms with Gasteiger partial charge in [0.15, 0.2) is 11.6 Å². The monoisotopic (exact) mass is 657 g/mol. The van der Waals surface area contributed by atoms with Crippen molar-refractivity contribution in [2.75, 3.05) is 6.61 Å². The third-order valence-corrected chi connectivity index (χ3v) is 8.84. The summed E-state index contributed by atoms with van der Waals surface area (Å²) in [5, 5.41) is 0.793. The highest BCUT2D eigenvalue weighted by atomic mass is 19.1. The zero-order valence-corrected chi connectivity index (χ0v) is 27.0. The maximum absolute atomic E-state index is 15.7. The van der Waals surface area contributed by atoms with Crippen molar-refractivity contribution in [1.29, 1.82) is 0 Å². The van der Waals surface area contributed by atoms with Crippen LogP contribution in [-0.2, 0) is 21.5 Å². The normalized spacial score (nSPS) is 16.2. The summed E-state index contributed by atoms with van der Waals surface area (Å²) in [6, 6.07) is 15.4. The molecule has 1 aliphatic rings. The van der Waals surface area contributed by atoms with Gasteiger partial charge in [-0.25, -0.2) is 23.5 Å². The maximum Gasteiger partial charge on any atom is 0.330 e. The fourth-order valence-electron chi connectivity index (χ4n) is 6.25. The summed E-state index contributed by atoms with van der Waals surface area (Å²) in [5.74, 6) is 5.54. The van der Waals surface area contributed by atoms with Crippen LogP contribution in [0.4, 0.5) is 8.78 Å². The lowest BCUT2D eigenvalue weighted by Gasteiger charge is -2.29. The second-order valence-electron chi connectivity index (χ2n) is 12.1. The van der Waals surface area contributed by atoms with E-state index < -0.39 is 23.0 Å². The lowest BCUT2D eigenvalue weighted by atomic mass is 9.75. The number of fused-ring (bicyclic) bond motifs is 10. The quantitative estimate of drug-likeness (QED) is 0.113. The van der Waals surface area contributed by atoms with Crippen molar-refractivity contribution in [3.63, 3.8) is 0 Å². The average Bonchev–Trinajstić information content (AvgIpc) is 3.88. The molecule has 1 atom stereocenters. The number of nitrogens with zero attached hydrogens (tertiary/aromatic N) is 3. The Bertz CT molecular complexity index is 2270. The molecule has 0 spiro atoms. The first-order valence-corrected chi connectivity index (χ1v) is 16.1. The van der Waals surface area contributed by atoms with E-state index in [0.717, 1.165) is 28.6 Å². The van der Waals surface area contributed by atoms with E-state index in [1.165, 1.54) is 30.3 Å². The summed E-state index contributed by atoms with van der Waals surface area (Å²) in [4.78, 5) is 27.5. The number of aromatic nitrogens is 5. The van der Waals surface area contributed by atoms with Gasteiger partial charge >= 0.3 is 5.97 Å². The molecule has 0 aliphatic carbocycles. The molecule has 6 aromatic rings. The molecule has 0 fully saturated rings. The van der Waals surface area contributed by atoms with Crippen molar-refractivity contribution in [3.05, 3.63) is 125 Å². The number of aromatic amines is 2. The number of ether oxygens (including phenoxy) is 2. The van der Waals surface area contributed by atoms with Crippen LogP contribution in [-0.4, -0.2) is 37.1 Å². The second kappa shape index (κ2) is 13.3. The van der Waals surface area contributed by atoms with Crippen LogP contribution in [0.5, 0.6) is 11.5 Å². The van der Waals surface area contributed by atoms with Crippen LogP contribution in [0, 0.1) is 23.5 Å². The number of nitrogens with one attached hydrogen (secondary N) is 2. The lowest BCUT2D eigenvalue weighted by Crippen LogP contribution is -2.24. The largest absolute Gasteiger partial charge is 0.463 e. The number of hydrogen-bond donors (Lipinski definition) is 2. The van der Waals surface area contributed by atoms with E-state index >= 15 is 8.78 Å². The van der Waals surface area contributed by atoms with Gasteiger partial charge in [-0.05, 0) is 74.1 Å². The Labute approximate surface area is 281 Å². The molecule has 3 aromatic heterocycles. The molecule has 0 saturated carbocycles. The predicted octanol–water partition coefficient (Wildman–Crippen LogP) is 8.29. The van der Waals surface area contributed by atoms with Gasteiger partial charge < -0.3 is 24.0 Å². The topological polar surface area (TPSA) is 97.8 Å². The minimum Gasteiger partial charge on any atom is -0.463 e. The number of carbonyl (C=O) groups is 1. The summed E-state index contributed by atoms with van der Waals surface area (Å²) in [5.41, 5.74) is 4.02. The first kappa shape index (κ1) is 31.6. The first-order valence-electron chi connectivity index (χ1n) is 16.1. The van der Waals surface area contributed by atoms with Crippen molar-refractivity contribution >= 4 is 22.9 Å². The summed E-state index contributed by atoms with van der Waals surface area (Å²) in [6.45, 7) is 4.44. The fourth-order valence-corrected chi connectivity index (χ4v) is 6.25. The lowest BCUT2D eigenvalue weighted by molar-refractivity contribution is -0.137. The van der Waals surface area contributed by atoms with Gasteiger partial charge in [0.05, 0.1) is 25.0 Å². The second-order valence-corrected chi connectivity index (χ2v) is 12.1. The Morgan fingerprint density at radius 2 is 2.04 bits per heavy atom. The summed E-state index contributed by atoms with van der Waals surface area (Å²) >= 11 is 0. The molecule has 6 bridgehead atoms. The van der Waals surface area contributed by atoms with Crippen LogP contribution in [0.2, 0.25) is 0 Å². The van der Waals surface area contributed by atoms with E-state index in [9.17, 15) is 4.79 Å². The van der Waals surface area contributed by atoms with Gasteiger partial charge in [-0.1, -0.05) is 30.2 Å². The van der Waals surface area contributed by atoms with Crippen LogP contribution in [0.1, 0.15) is 61.2 Å². The zero-order chi connectivity index (χ0) is 34.0. The number of esters is 1. The van der Waals surface area contributed by atoms with Crippen molar-refractivity contribution in [2.45, 2.75) is 45.1 Å². The molecule has 7 rings (SSSR count). The van der Waals surface area contributed by atoms with E-state index in [1.54, 1.807) is 31.7 Å². The Morgan fingerprint density at radius 3 is 2.92 bits per heavy atom. The molecule has 3 aromatic carbocycles. The predicted molar refractivity (Wildman–Crippen MR) is 183 cm³/mol. The minimum atomic E-state index is -0.584. The van der Waals surface area contributed by atoms with Gasteiger partial charge in [-0.3, -0.25) is 0 Å². The summed E-state index contributed by atoms with van der Waals surface area (Å²) < 4.78 is 44.2. The number of hydrogen-bond acceptors (Lipinski definition) is 5. The van der Waals surface area contributed by atoms with Gasteiger partial charge in [0.1, 0.15) is 23.1 Å². The molecular formula is C39H33F2N5O3. The zero-order valence-electron chi connectivity index (χ0n) is 27.0. The van der Waals surface area contributed by atoms with E-state index in [4.69, 9.17) is 9.47 Å². The van der Waals surface area contributed by atoms with Crippen molar-refractivity contribution in [1.82, 2.24) is 24.5 Å². The van der Waals surface area contributed by atoms with Crippen LogP contribution in [0.15, 0.2) is 85.6 Å². The third kappa shape index (κ3) is 6.48. The number of carbonyl (C=O) groups excluding carboxylic acids is 1. The van der Waals surface area contributed by atoms with Crippen LogP contribution in [0.3, 0.4) is 0 Å². The number of H-pyrrole nitrogens is 2.